The Kier molecular flexibility index (Phi) is 6.70. The average Bonchev–Trinajstić information content (AvgIpc) is 2.49. The van der Waals surface area contributed by atoms with E-state index >= 15 is 0 Å². The van der Waals surface area contributed by atoms with Gasteiger partial charge in [0.1, 0.15) is 0 Å². The van der Waals surface area contributed by atoms with Crippen LogP contribution < -0.4 is 5.32 Å². The summed E-state index contributed by atoms with van der Waals surface area (Å²) in [5.74, 6) is 0.782. The first kappa shape index (κ1) is 16.6. The van der Waals surface area contributed by atoms with Crippen molar-refractivity contribution in [1.29, 1.82) is 0 Å². The SMILES string of the molecule is CCCNC1CCN(C2CCCC(SC)C2)C(C)C1C. The van der Waals surface area contributed by atoms with Gasteiger partial charge in [-0.05, 0) is 57.7 Å². The number of likely N-dealkylation sites (tertiary alicyclic amines) is 1. The Labute approximate surface area is 130 Å². The molecule has 5 atom stereocenters. The number of hydrogen-bond donors (Lipinski definition) is 1. The van der Waals surface area contributed by atoms with Gasteiger partial charge >= 0.3 is 0 Å². The number of nitrogens with one attached hydrogen (secondary N) is 1. The Morgan fingerprint density at radius 1 is 1.20 bits per heavy atom. The van der Waals surface area contributed by atoms with Crippen molar-refractivity contribution in [3.8, 4) is 0 Å². The molecule has 1 saturated carbocycles. The van der Waals surface area contributed by atoms with Crippen LogP contribution in [-0.4, -0.2) is 47.6 Å². The summed E-state index contributed by atoms with van der Waals surface area (Å²) in [4.78, 5) is 2.84. The standard InChI is InChI=1S/C17H34N2S/c1-5-10-18-17-9-11-19(14(3)13(17)2)15-7-6-8-16(12-15)20-4/h13-18H,5-12H2,1-4H3. The Morgan fingerprint density at radius 2 is 2.00 bits per heavy atom. The molecule has 1 saturated heterocycles. The van der Waals surface area contributed by atoms with Crippen molar-refractivity contribution in [2.75, 3.05) is 19.3 Å². The topological polar surface area (TPSA) is 15.3 Å². The molecule has 0 radical (unpaired) electrons. The minimum Gasteiger partial charge on any atom is -0.314 e. The number of hydrogen-bond acceptors (Lipinski definition) is 3. The summed E-state index contributed by atoms with van der Waals surface area (Å²) in [5.41, 5.74) is 0. The monoisotopic (exact) mass is 298 g/mol. The Hall–Kier alpha value is 0.270. The number of piperidine rings is 1. The van der Waals surface area contributed by atoms with Crippen LogP contribution in [0.4, 0.5) is 0 Å². The van der Waals surface area contributed by atoms with Crippen molar-refractivity contribution >= 4 is 11.8 Å². The van der Waals surface area contributed by atoms with E-state index in [9.17, 15) is 0 Å². The van der Waals surface area contributed by atoms with Gasteiger partial charge in [-0.3, -0.25) is 4.90 Å². The average molecular weight is 299 g/mol. The fraction of sp³-hybridized carbons (Fsp3) is 1.00. The van der Waals surface area contributed by atoms with Crippen LogP contribution in [0.1, 0.15) is 59.3 Å². The number of rotatable bonds is 5. The molecule has 2 rings (SSSR count). The predicted molar refractivity (Wildman–Crippen MR) is 91.6 cm³/mol. The maximum atomic E-state index is 3.76. The zero-order valence-electron chi connectivity index (χ0n) is 13.9. The van der Waals surface area contributed by atoms with Crippen LogP contribution in [0.3, 0.4) is 0 Å². The van der Waals surface area contributed by atoms with Crippen molar-refractivity contribution in [1.82, 2.24) is 10.2 Å². The van der Waals surface area contributed by atoms with Gasteiger partial charge in [0.15, 0.2) is 0 Å². The van der Waals surface area contributed by atoms with E-state index in [1.807, 2.05) is 0 Å². The first-order valence-corrected chi connectivity index (χ1v) is 9.98. The Balaban J connectivity index is 1.90. The van der Waals surface area contributed by atoms with Crippen LogP contribution in [0.15, 0.2) is 0 Å². The third-order valence-electron chi connectivity index (χ3n) is 5.67. The maximum absolute atomic E-state index is 3.76. The predicted octanol–water partition coefficient (Wildman–Crippen LogP) is 3.76. The Bertz CT molecular complexity index is 284. The van der Waals surface area contributed by atoms with E-state index in [1.54, 1.807) is 0 Å². The second-order valence-corrected chi connectivity index (χ2v) is 8.00. The van der Waals surface area contributed by atoms with Gasteiger partial charge in [-0.15, -0.1) is 0 Å². The van der Waals surface area contributed by atoms with Crippen LogP contribution in [0.2, 0.25) is 0 Å². The fourth-order valence-corrected chi connectivity index (χ4v) is 4.98. The van der Waals surface area contributed by atoms with E-state index < -0.39 is 0 Å². The van der Waals surface area contributed by atoms with E-state index in [1.165, 1.54) is 51.6 Å². The minimum absolute atomic E-state index is 0.737. The minimum atomic E-state index is 0.737. The number of thioether (sulfide) groups is 1. The third-order valence-corrected chi connectivity index (χ3v) is 6.77. The summed E-state index contributed by atoms with van der Waals surface area (Å²) in [7, 11) is 0. The van der Waals surface area contributed by atoms with Gasteiger partial charge < -0.3 is 5.32 Å². The highest BCUT2D eigenvalue weighted by molar-refractivity contribution is 7.99. The van der Waals surface area contributed by atoms with Crippen LogP contribution in [0, 0.1) is 5.92 Å². The molecule has 1 N–H and O–H groups in total. The van der Waals surface area contributed by atoms with Gasteiger partial charge in [-0.25, -0.2) is 0 Å². The quantitative estimate of drug-likeness (QED) is 0.832. The lowest BCUT2D eigenvalue weighted by Crippen LogP contribution is -2.57. The lowest BCUT2D eigenvalue weighted by atomic mass is 9.83. The van der Waals surface area contributed by atoms with Gasteiger partial charge in [-0.2, -0.15) is 11.8 Å². The fourth-order valence-electron chi connectivity index (χ4n) is 4.16. The van der Waals surface area contributed by atoms with Crippen molar-refractivity contribution in [3.05, 3.63) is 0 Å². The molecule has 2 nitrogen and oxygen atoms in total. The maximum Gasteiger partial charge on any atom is 0.0120 e. The Morgan fingerprint density at radius 3 is 2.70 bits per heavy atom. The molecule has 1 aliphatic carbocycles. The highest BCUT2D eigenvalue weighted by Gasteiger charge is 2.37. The molecule has 118 valence electrons. The lowest BCUT2D eigenvalue weighted by Gasteiger charge is -2.48. The van der Waals surface area contributed by atoms with Crippen molar-refractivity contribution in [2.24, 2.45) is 5.92 Å². The second-order valence-electron chi connectivity index (χ2n) is 6.86. The van der Waals surface area contributed by atoms with Gasteiger partial charge in [0, 0.05) is 29.9 Å². The van der Waals surface area contributed by atoms with E-state index in [0.717, 1.165) is 29.3 Å². The molecule has 0 aromatic heterocycles. The molecule has 0 bridgehead atoms. The van der Waals surface area contributed by atoms with Crippen LogP contribution in [0.25, 0.3) is 0 Å². The molecule has 0 spiro atoms. The van der Waals surface area contributed by atoms with Crippen LogP contribution >= 0.6 is 11.8 Å². The van der Waals surface area contributed by atoms with Crippen molar-refractivity contribution in [2.45, 2.75) is 82.7 Å². The van der Waals surface area contributed by atoms with Crippen molar-refractivity contribution in [3.63, 3.8) is 0 Å². The summed E-state index contributed by atoms with van der Waals surface area (Å²) in [6, 6.07) is 2.33. The van der Waals surface area contributed by atoms with Crippen LogP contribution in [0.5, 0.6) is 0 Å². The third kappa shape index (κ3) is 3.92. The zero-order chi connectivity index (χ0) is 14.5. The molecule has 2 aliphatic rings. The molecule has 5 unspecified atom stereocenters. The second kappa shape index (κ2) is 8.05. The highest BCUT2D eigenvalue weighted by atomic mass is 32.2. The summed E-state index contributed by atoms with van der Waals surface area (Å²) >= 11 is 2.09. The first-order valence-electron chi connectivity index (χ1n) is 8.69. The summed E-state index contributed by atoms with van der Waals surface area (Å²) in [5, 5.41) is 4.67. The van der Waals surface area contributed by atoms with E-state index in [-0.39, 0.29) is 0 Å². The van der Waals surface area contributed by atoms with E-state index in [4.69, 9.17) is 0 Å². The molecule has 0 aromatic carbocycles. The van der Waals surface area contributed by atoms with Gasteiger partial charge in [0.05, 0.1) is 0 Å². The molecule has 1 heterocycles. The molecular formula is C17H34N2S. The summed E-state index contributed by atoms with van der Waals surface area (Å²) in [6.07, 6.45) is 10.6. The molecule has 2 fully saturated rings. The highest BCUT2D eigenvalue weighted by Crippen LogP contribution is 2.34. The molecule has 0 aromatic rings. The van der Waals surface area contributed by atoms with E-state index in [0.29, 0.717) is 0 Å². The molecule has 1 aliphatic heterocycles. The molecule has 3 heteroatoms. The largest absolute Gasteiger partial charge is 0.314 e. The smallest absolute Gasteiger partial charge is 0.0120 e. The molecule has 0 amide bonds. The summed E-state index contributed by atoms with van der Waals surface area (Å²) in [6.45, 7) is 9.67. The first-order chi connectivity index (χ1) is 9.67. The van der Waals surface area contributed by atoms with Crippen LogP contribution in [-0.2, 0) is 0 Å². The zero-order valence-corrected chi connectivity index (χ0v) is 14.7. The normalized spacial score (nSPS) is 39.9. The summed E-state index contributed by atoms with van der Waals surface area (Å²) < 4.78 is 0. The van der Waals surface area contributed by atoms with Gasteiger partial charge in [-0.1, -0.05) is 20.3 Å². The van der Waals surface area contributed by atoms with E-state index in [2.05, 4.69) is 49.0 Å². The van der Waals surface area contributed by atoms with Gasteiger partial charge in [0.2, 0.25) is 0 Å². The lowest BCUT2D eigenvalue weighted by molar-refractivity contribution is 0.0332. The number of nitrogens with zero attached hydrogens (tertiary/aromatic N) is 1. The molecular weight excluding hydrogens is 264 g/mol. The molecule has 20 heavy (non-hydrogen) atoms. The van der Waals surface area contributed by atoms with Crippen molar-refractivity contribution < 1.29 is 0 Å². The van der Waals surface area contributed by atoms with Gasteiger partial charge in [0.25, 0.3) is 0 Å².